The van der Waals surface area contributed by atoms with Gasteiger partial charge in [-0.25, -0.2) is 0 Å². The van der Waals surface area contributed by atoms with Crippen molar-refractivity contribution >= 4 is 22.6 Å². The van der Waals surface area contributed by atoms with E-state index in [0.717, 1.165) is 48.0 Å². The predicted octanol–water partition coefficient (Wildman–Crippen LogP) is 4.76. The van der Waals surface area contributed by atoms with Crippen LogP contribution in [0.15, 0.2) is 66.7 Å². The van der Waals surface area contributed by atoms with Gasteiger partial charge in [0.2, 0.25) is 0 Å². The highest BCUT2D eigenvalue weighted by molar-refractivity contribution is 6.04. The molecule has 1 atom stereocenters. The van der Waals surface area contributed by atoms with Gasteiger partial charge in [-0.3, -0.25) is 19.6 Å². The molecule has 1 saturated carbocycles. The minimum Gasteiger partial charge on any atom is -0.483 e. The molecule has 3 aliphatic rings. The Labute approximate surface area is 214 Å². The first-order valence-electron chi connectivity index (χ1n) is 12.9. The molecule has 7 nitrogen and oxygen atoms in total. The monoisotopic (exact) mass is 492 g/mol. The van der Waals surface area contributed by atoms with Crippen LogP contribution in [0.3, 0.4) is 0 Å². The van der Waals surface area contributed by atoms with E-state index in [4.69, 9.17) is 4.74 Å². The fourth-order valence-corrected chi connectivity index (χ4v) is 5.92. The molecular weight excluding hydrogens is 464 g/mol. The third kappa shape index (κ3) is 3.90. The lowest BCUT2D eigenvalue weighted by Crippen LogP contribution is -2.65. The van der Waals surface area contributed by atoms with Crippen LogP contribution in [0.4, 0.5) is 0 Å². The number of carbonyl (C=O) groups is 2. The highest BCUT2D eigenvalue weighted by atomic mass is 16.5. The zero-order valence-electron chi connectivity index (χ0n) is 20.7. The molecule has 1 spiro atoms. The van der Waals surface area contributed by atoms with Gasteiger partial charge in [0.15, 0.2) is 5.78 Å². The normalized spacial score (nSPS) is 19.2. The number of ketones is 1. The van der Waals surface area contributed by atoms with Crippen LogP contribution in [0, 0.1) is 5.92 Å². The van der Waals surface area contributed by atoms with Gasteiger partial charge >= 0.3 is 0 Å². The largest absolute Gasteiger partial charge is 0.483 e. The van der Waals surface area contributed by atoms with Crippen LogP contribution in [0.2, 0.25) is 0 Å². The van der Waals surface area contributed by atoms with E-state index in [-0.39, 0.29) is 23.3 Å². The number of aromatic amines is 1. The van der Waals surface area contributed by atoms with Gasteiger partial charge < -0.3 is 10.1 Å². The number of aromatic nitrogens is 2. The molecule has 186 valence electrons. The number of H-pyrrole nitrogens is 1. The number of nitrogens with zero attached hydrogens (tertiary/aromatic N) is 2. The van der Waals surface area contributed by atoms with Gasteiger partial charge in [-0.05, 0) is 67.8 Å². The molecule has 3 heterocycles. The van der Waals surface area contributed by atoms with E-state index in [0.29, 0.717) is 34.9 Å². The molecule has 3 aromatic carbocycles. The smallest absolute Gasteiger partial charge is 0.251 e. The summed E-state index contributed by atoms with van der Waals surface area (Å²) in [5, 5.41) is 11.7. The SMILES string of the molecule is CN1CC2(CC(=O)c3cc(-c4n[nH]c5ccc(C(=O)NC(c6ccccc6)C6CC6)cc45)ccc3O2)C1. The first-order chi connectivity index (χ1) is 18.0. The zero-order valence-corrected chi connectivity index (χ0v) is 20.7. The number of amides is 1. The minimum absolute atomic E-state index is 0.0126. The molecule has 0 radical (unpaired) electrons. The maximum Gasteiger partial charge on any atom is 0.251 e. The van der Waals surface area contributed by atoms with Crippen LogP contribution in [0.5, 0.6) is 5.75 Å². The van der Waals surface area contributed by atoms with Crippen LogP contribution in [-0.2, 0) is 0 Å². The van der Waals surface area contributed by atoms with Gasteiger partial charge in [-0.15, -0.1) is 0 Å². The summed E-state index contributed by atoms with van der Waals surface area (Å²) in [5.41, 5.74) is 4.31. The zero-order chi connectivity index (χ0) is 25.1. The topological polar surface area (TPSA) is 87.3 Å². The highest BCUT2D eigenvalue weighted by Crippen LogP contribution is 2.42. The lowest BCUT2D eigenvalue weighted by molar-refractivity contribution is -0.0689. The summed E-state index contributed by atoms with van der Waals surface area (Å²) < 4.78 is 6.26. The third-order valence-electron chi connectivity index (χ3n) is 7.84. The predicted molar refractivity (Wildman–Crippen MR) is 141 cm³/mol. The van der Waals surface area contributed by atoms with Crippen molar-refractivity contribution in [2.24, 2.45) is 5.92 Å². The molecule has 2 aliphatic heterocycles. The third-order valence-corrected chi connectivity index (χ3v) is 7.84. The van der Waals surface area contributed by atoms with Gasteiger partial charge in [0.25, 0.3) is 5.91 Å². The number of benzene rings is 3. The number of likely N-dealkylation sites (N-methyl/N-ethyl adjacent to an activating group) is 1. The summed E-state index contributed by atoms with van der Waals surface area (Å²) in [6.07, 6.45) is 2.65. The van der Waals surface area contributed by atoms with Gasteiger partial charge in [-0.1, -0.05) is 30.3 Å². The lowest BCUT2D eigenvalue weighted by atomic mass is 9.83. The van der Waals surface area contributed by atoms with E-state index in [9.17, 15) is 9.59 Å². The molecule has 4 aromatic rings. The standard InChI is InChI=1S/C30H28N4O3/c1-34-16-30(17-34)15-25(35)23-13-20(10-12-26(23)37-30)28-22-14-21(9-11-24(22)32-33-28)29(36)31-27(19-7-8-19)18-5-3-2-4-6-18/h2-6,9-14,19,27H,7-8,15-17H2,1H3,(H,31,36)(H,32,33). The fraction of sp³-hybridized carbons (Fsp3) is 0.300. The Morgan fingerprint density at radius 1 is 1.11 bits per heavy atom. The summed E-state index contributed by atoms with van der Waals surface area (Å²) in [6, 6.07) is 21.5. The number of ether oxygens (including phenoxy) is 1. The van der Waals surface area contributed by atoms with Gasteiger partial charge in [0.1, 0.15) is 11.4 Å². The number of nitrogens with one attached hydrogen (secondary N) is 2. The molecule has 2 N–H and O–H groups in total. The molecule has 1 saturated heterocycles. The van der Waals surface area contributed by atoms with Gasteiger partial charge in [0, 0.05) is 29.6 Å². The maximum absolute atomic E-state index is 13.3. The van der Waals surface area contributed by atoms with E-state index >= 15 is 0 Å². The Kier molecular flexibility index (Phi) is 4.98. The van der Waals surface area contributed by atoms with E-state index in [1.807, 2.05) is 61.6 Å². The summed E-state index contributed by atoms with van der Waals surface area (Å²) in [4.78, 5) is 28.5. The Morgan fingerprint density at radius 3 is 2.68 bits per heavy atom. The molecular formula is C30H28N4O3. The summed E-state index contributed by atoms with van der Waals surface area (Å²) in [6.45, 7) is 1.53. The van der Waals surface area contributed by atoms with Crippen LogP contribution in [0.1, 0.15) is 51.6 Å². The Morgan fingerprint density at radius 2 is 1.92 bits per heavy atom. The van der Waals surface area contributed by atoms with Crippen molar-refractivity contribution in [1.29, 1.82) is 0 Å². The van der Waals surface area contributed by atoms with Crippen LogP contribution in [0.25, 0.3) is 22.2 Å². The van der Waals surface area contributed by atoms with Crippen molar-refractivity contribution in [2.45, 2.75) is 30.9 Å². The average Bonchev–Trinajstić information content (AvgIpc) is 3.65. The number of likely N-dealkylation sites (tertiary alicyclic amines) is 1. The van der Waals surface area contributed by atoms with E-state index in [1.165, 1.54) is 0 Å². The molecule has 1 aliphatic carbocycles. The Hall–Kier alpha value is -3.97. The molecule has 7 heteroatoms. The number of hydrogen-bond donors (Lipinski definition) is 2. The van der Waals surface area contributed by atoms with E-state index in [1.54, 1.807) is 0 Å². The second-order valence-electron chi connectivity index (χ2n) is 10.8. The molecule has 7 rings (SSSR count). The molecule has 1 aromatic heterocycles. The molecule has 1 unspecified atom stereocenters. The maximum atomic E-state index is 13.3. The van der Waals surface area contributed by atoms with Crippen molar-refractivity contribution in [1.82, 2.24) is 20.4 Å². The van der Waals surface area contributed by atoms with Crippen molar-refractivity contribution in [3.05, 3.63) is 83.4 Å². The molecule has 0 bridgehead atoms. The second kappa shape index (κ2) is 8.28. The second-order valence-corrected chi connectivity index (χ2v) is 10.8. The first kappa shape index (κ1) is 22.2. The first-order valence-corrected chi connectivity index (χ1v) is 12.9. The highest BCUT2D eigenvalue weighted by Gasteiger charge is 2.48. The van der Waals surface area contributed by atoms with Crippen LogP contribution < -0.4 is 10.1 Å². The number of carbonyl (C=O) groups excluding carboxylic acids is 2. The summed E-state index contributed by atoms with van der Waals surface area (Å²) in [5.74, 6) is 1.12. The number of hydrogen-bond acceptors (Lipinski definition) is 5. The summed E-state index contributed by atoms with van der Waals surface area (Å²) in [7, 11) is 2.03. The van der Waals surface area contributed by atoms with Crippen molar-refractivity contribution in [3.63, 3.8) is 0 Å². The molecule has 37 heavy (non-hydrogen) atoms. The van der Waals surface area contributed by atoms with Crippen molar-refractivity contribution < 1.29 is 14.3 Å². The van der Waals surface area contributed by atoms with Gasteiger partial charge in [-0.2, -0.15) is 5.10 Å². The van der Waals surface area contributed by atoms with E-state index in [2.05, 4.69) is 32.5 Å². The fourth-order valence-electron chi connectivity index (χ4n) is 5.92. The Bertz CT molecular complexity index is 1530. The van der Waals surface area contributed by atoms with Crippen LogP contribution in [-0.4, -0.2) is 52.5 Å². The number of rotatable bonds is 5. The quantitative estimate of drug-likeness (QED) is 0.420. The number of Topliss-reactive ketones (excluding diaryl/α,β-unsaturated/α-hetero) is 1. The minimum atomic E-state index is -0.389. The Balaban J connectivity index is 1.18. The molecule has 2 fully saturated rings. The van der Waals surface area contributed by atoms with Crippen molar-refractivity contribution in [2.75, 3.05) is 20.1 Å². The number of fused-ring (bicyclic) bond motifs is 2. The van der Waals surface area contributed by atoms with Gasteiger partial charge in [0.05, 0.1) is 29.2 Å². The average molecular weight is 493 g/mol. The summed E-state index contributed by atoms with van der Waals surface area (Å²) >= 11 is 0. The van der Waals surface area contributed by atoms with Crippen molar-refractivity contribution in [3.8, 4) is 17.0 Å². The molecule has 1 amide bonds. The van der Waals surface area contributed by atoms with Crippen LogP contribution >= 0.6 is 0 Å². The lowest BCUT2D eigenvalue weighted by Gasteiger charge is -2.49. The van der Waals surface area contributed by atoms with E-state index < -0.39 is 0 Å².